The topological polar surface area (TPSA) is 94.5 Å². The van der Waals surface area contributed by atoms with E-state index < -0.39 is 0 Å². The maximum Gasteiger partial charge on any atom is 0.251 e. The molecule has 0 atom stereocenters. The summed E-state index contributed by atoms with van der Waals surface area (Å²) in [5, 5.41) is 14.6. The SMILES string of the molecule is CN(C)CC(=O)Nc1cccc(CNC(=O)c2cccc(COc3ccc(C#N)cc3)c2)c1. The van der Waals surface area contributed by atoms with Gasteiger partial charge in [0, 0.05) is 17.8 Å². The summed E-state index contributed by atoms with van der Waals surface area (Å²) in [6.45, 7) is 0.941. The standard InChI is InChI=1S/C26H26N4O3/c1-30(2)17-25(31)29-23-8-4-5-20(14-23)16-28-26(32)22-7-3-6-21(13-22)18-33-24-11-9-19(15-27)10-12-24/h3-14H,16-18H2,1-2H3,(H,28,32)(H,29,31). The number of hydrogen-bond acceptors (Lipinski definition) is 5. The number of amides is 2. The summed E-state index contributed by atoms with van der Waals surface area (Å²) in [5.74, 6) is 0.361. The van der Waals surface area contributed by atoms with Crippen molar-refractivity contribution in [1.29, 1.82) is 5.26 Å². The number of carbonyl (C=O) groups excluding carboxylic acids is 2. The normalized spacial score (nSPS) is 10.4. The second-order valence-corrected chi connectivity index (χ2v) is 7.79. The fraction of sp³-hybridized carbons (Fsp3) is 0.192. The third kappa shape index (κ3) is 7.49. The molecule has 3 aromatic carbocycles. The van der Waals surface area contributed by atoms with Crippen LogP contribution in [-0.2, 0) is 17.9 Å². The minimum Gasteiger partial charge on any atom is -0.489 e. The van der Waals surface area contributed by atoms with Crippen molar-refractivity contribution in [1.82, 2.24) is 10.2 Å². The maximum absolute atomic E-state index is 12.6. The van der Waals surface area contributed by atoms with Crippen LogP contribution in [0.4, 0.5) is 5.69 Å². The molecule has 0 heterocycles. The molecule has 0 aliphatic heterocycles. The van der Waals surface area contributed by atoms with Crippen LogP contribution >= 0.6 is 0 Å². The largest absolute Gasteiger partial charge is 0.489 e. The predicted octanol–water partition coefficient (Wildman–Crippen LogP) is 3.57. The quantitative estimate of drug-likeness (QED) is 0.528. The van der Waals surface area contributed by atoms with Crippen molar-refractivity contribution in [3.63, 3.8) is 0 Å². The highest BCUT2D eigenvalue weighted by Gasteiger charge is 2.08. The van der Waals surface area contributed by atoms with Gasteiger partial charge in [0.1, 0.15) is 12.4 Å². The Kier molecular flexibility index (Phi) is 8.17. The molecule has 0 saturated carbocycles. The van der Waals surface area contributed by atoms with Gasteiger partial charge >= 0.3 is 0 Å². The van der Waals surface area contributed by atoms with Crippen LogP contribution in [0.2, 0.25) is 0 Å². The molecule has 2 amide bonds. The first-order chi connectivity index (χ1) is 15.9. The molecule has 7 heteroatoms. The lowest BCUT2D eigenvalue weighted by atomic mass is 10.1. The Balaban J connectivity index is 1.54. The molecule has 7 nitrogen and oxygen atoms in total. The molecule has 0 aromatic heterocycles. The Labute approximate surface area is 193 Å². The molecule has 3 rings (SSSR count). The smallest absolute Gasteiger partial charge is 0.251 e. The molecule has 0 radical (unpaired) electrons. The number of carbonyl (C=O) groups is 2. The average Bonchev–Trinajstić information content (AvgIpc) is 2.81. The number of rotatable bonds is 9. The van der Waals surface area contributed by atoms with Gasteiger partial charge in [-0.2, -0.15) is 5.26 Å². The summed E-state index contributed by atoms with van der Waals surface area (Å²) < 4.78 is 5.75. The molecule has 0 aliphatic rings. The van der Waals surface area contributed by atoms with Crippen LogP contribution in [0, 0.1) is 11.3 Å². The van der Waals surface area contributed by atoms with Crippen molar-refractivity contribution in [2.75, 3.05) is 26.0 Å². The van der Waals surface area contributed by atoms with E-state index >= 15 is 0 Å². The van der Waals surface area contributed by atoms with E-state index in [9.17, 15) is 9.59 Å². The zero-order valence-electron chi connectivity index (χ0n) is 18.7. The minimum absolute atomic E-state index is 0.0961. The van der Waals surface area contributed by atoms with Crippen LogP contribution in [-0.4, -0.2) is 37.4 Å². The molecule has 0 saturated heterocycles. The molecular formula is C26H26N4O3. The second-order valence-electron chi connectivity index (χ2n) is 7.79. The van der Waals surface area contributed by atoms with Gasteiger partial charge < -0.3 is 20.3 Å². The fourth-order valence-electron chi connectivity index (χ4n) is 3.13. The summed E-state index contributed by atoms with van der Waals surface area (Å²) in [4.78, 5) is 26.4. The van der Waals surface area contributed by atoms with E-state index in [4.69, 9.17) is 10.00 Å². The third-order valence-electron chi connectivity index (χ3n) is 4.70. The van der Waals surface area contributed by atoms with Gasteiger partial charge in [-0.05, 0) is 73.8 Å². The highest BCUT2D eigenvalue weighted by Crippen LogP contribution is 2.15. The number of nitriles is 1. The molecule has 3 aromatic rings. The second kappa shape index (κ2) is 11.5. The highest BCUT2D eigenvalue weighted by atomic mass is 16.5. The van der Waals surface area contributed by atoms with Crippen molar-refractivity contribution >= 4 is 17.5 Å². The van der Waals surface area contributed by atoms with Crippen molar-refractivity contribution in [3.05, 3.63) is 95.1 Å². The van der Waals surface area contributed by atoms with Crippen LogP contribution < -0.4 is 15.4 Å². The zero-order chi connectivity index (χ0) is 23.6. The Bertz CT molecular complexity index is 1150. The first-order valence-electron chi connectivity index (χ1n) is 10.5. The number of likely N-dealkylation sites (N-methyl/N-ethyl adjacent to an activating group) is 1. The van der Waals surface area contributed by atoms with Gasteiger partial charge in [0.05, 0.1) is 18.2 Å². The Morgan fingerprint density at radius 3 is 2.42 bits per heavy atom. The van der Waals surface area contributed by atoms with Gasteiger partial charge in [0.15, 0.2) is 0 Å². The molecule has 0 fully saturated rings. The van der Waals surface area contributed by atoms with Crippen molar-refractivity contribution < 1.29 is 14.3 Å². The average molecular weight is 443 g/mol. The van der Waals surface area contributed by atoms with Gasteiger partial charge in [-0.25, -0.2) is 0 Å². The van der Waals surface area contributed by atoms with Crippen molar-refractivity contribution in [3.8, 4) is 11.8 Å². The fourth-order valence-corrected chi connectivity index (χ4v) is 3.13. The molecule has 0 aliphatic carbocycles. The summed E-state index contributed by atoms with van der Waals surface area (Å²) in [6.07, 6.45) is 0. The lowest BCUT2D eigenvalue weighted by molar-refractivity contribution is -0.116. The summed E-state index contributed by atoms with van der Waals surface area (Å²) in [7, 11) is 3.67. The van der Waals surface area contributed by atoms with E-state index in [1.165, 1.54) is 0 Å². The molecule has 33 heavy (non-hydrogen) atoms. The molecule has 0 spiro atoms. The van der Waals surface area contributed by atoms with E-state index in [0.717, 1.165) is 11.1 Å². The van der Waals surface area contributed by atoms with Crippen LogP contribution in [0.1, 0.15) is 27.0 Å². The monoisotopic (exact) mass is 442 g/mol. The maximum atomic E-state index is 12.6. The number of benzene rings is 3. The van der Waals surface area contributed by atoms with Crippen LogP contribution in [0.25, 0.3) is 0 Å². The van der Waals surface area contributed by atoms with Crippen LogP contribution in [0.3, 0.4) is 0 Å². The number of hydrogen-bond donors (Lipinski definition) is 2. The van der Waals surface area contributed by atoms with Crippen LogP contribution in [0.15, 0.2) is 72.8 Å². The van der Waals surface area contributed by atoms with Gasteiger partial charge in [0.2, 0.25) is 5.91 Å². The van der Waals surface area contributed by atoms with E-state index in [1.807, 2.05) is 50.5 Å². The Hall–Kier alpha value is -4.15. The Morgan fingerprint density at radius 1 is 0.970 bits per heavy atom. The molecule has 0 unspecified atom stereocenters. The molecular weight excluding hydrogens is 416 g/mol. The highest BCUT2D eigenvalue weighted by molar-refractivity contribution is 5.94. The number of ether oxygens (including phenoxy) is 1. The molecule has 2 N–H and O–H groups in total. The first-order valence-corrected chi connectivity index (χ1v) is 10.5. The molecule has 0 bridgehead atoms. The third-order valence-corrected chi connectivity index (χ3v) is 4.70. The lowest BCUT2D eigenvalue weighted by Crippen LogP contribution is -2.27. The summed E-state index contributed by atoms with van der Waals surface area (Å²) in [5.41, 5.74) is 3.54. The van der Waals surface area contributed by atoms with E-state index in [1.54, 1.807) is 41.3 Å². The van der Waals surface area contributed by atoms with Gasteiger partial charge in [-0.15, -0.1) is 0 Å². The lowest BCUT2D eigenvalue weighted by Gasteiger charge is -2.12. The molecule has 168 valence electrons. The number of nitrogens with one attached hydrogen (secondary N) is 2. The van der Waals surface area contributed by atoms with E-state index in [-0.39, 0.29) is 11.8 Å². The van der Waals surface area contributed by atoms with Gasteiger partial charge in [0.25, 0.3) is 5.91 Å². The van der Waals surface area contributed by atoms with Crippen LogP contribution in [0.5, 0.6) is 5.75 Å². The zero-order valence-corrected chi connectivity index (χ0v) is 18.7. The summed E-state index contributed by atoms with van der Waals surface area (Å²) >= 11 is 0. The van der Waals surface area contributed by atoms with Crippen molar-refractivity contribution in [2.45, 2.75) is 13.2 Å². The van der Waals surface area contributed by atoms with E-state index in [2.05, 4.69) is 16.7 Å². The van der Waals surface area contributed by atoms with Gasteiger partial charge in [-0.1, -0.05) is 24.3 Å². The number of anilines is 1. The van der Waals surface area contributed by atoms with Crippen molar-refractivity contribution in [2.24, 2.45) is 0 Å². The first kappa shape index (κ1) is 23.5. The van der Waals surface area contributed by atoms with Gasteiger partial charge in [-0.3, -0.25) is 9.59 Å². The summed E-state index contributed by atoms with van der Waals surface area (Å²) in [6, 6.07) is 23.6. The Morgan fingerprint density at radius 2 is 1.70 bits per heavy atom. The predicted molar refractivity (Wildman–Crippen MR) is 127 cm³/mol. The van der Waals surface area contributed by atoms with E-state index in [0.29, 0.717) is 42.3 Å². The minimum atomic E-state index is -0.197. The number of nitrogens with zero attached hydrogens (tertiary/aromatic N) is 2.